The first-order chi connectivity index (χ1) is 13.2. The van der Waals surface area contributed by atoms with Crippen molar-refractivity contribution in [3.63, 3.8) is 0 Å². The van der Waals surface area contributed by atoms with Gasteiger partial charge in [-0.2, -0.15) is 0 Å². The van der Waals surface area contributed by atoms with Crippen LogP contribution in [-0.2, 0) is 11.2 Å². The molecule has 0 saturated carbocycles. The number of methoxy groups -OCH3 is 1. The first-order valence-corrected chi connectivity index (χ1v) is 8.47. The minimum absolute atomic E-state index is 0.0571. The van der Waals surface area contributed by atoms with Gasteiger partial charge in [-0.25, -0.2) is 0 Å². The van der Waals surface area contributed by atoms with Crippen LogP contribution in [0.5, 0.6) is 5.75 Å². The lowest BCUT2D eigenvalue weighted by molar-refractivity contribution is -0.115. The van der Waals surface area contributed by atoms with Crippen molar-refractivity contribution in [1.82, 2.24) is 10.2 Å². The molecule has 0 bridgehead atoms. The van der Waals surface area contributed by atoms with Crippen LogP contribution in [0.3, 0.4) is 0 Å². The highest BCUT2D eigenvalue weighted by molar-refractivity contribution is 5.91. The van der Waals surface area contributed by atoms with Crippen LogP contribution in [0.1, 0.15) is 5.56 Å². The lowest BCUT2D eigenvalue weighted by atomic mass is 10.1. The monoisotopic (exact) mass is 359 g/mol. The van der Waals surface area contributed by atoms with Gasteiger partial charge in [0.05, 0.1) is 19.1 Å². The number of nitrogens with one attached hydrogen (secondary N) is 1. The predicted octanol–water partition coefficient (Wildman–Crippen LogP) is 4.08. The molecule has 4 rings (SSSR count). The summed E-state index contributed by atoms with van der Waals surface area (Å²) in [6.07, 6.45) is 0.219. The topological polar surface area (TPSA) is 77.3 Å². The van der Waals surface area contributed by atoms with Gasteiger partial charge in [0, 0.05) is 0 Å². The number of fused-ring (bicyclic) bond motifs is 1. The number of carbonyl (C=O) groups is 1. The van der Waals surface area contributed by atoms with Crippen LogP contribution in [-0.4, -0.2) is 23.2 Å². The number of amides is 1. The molecule has 0 aliphatic carbocycles. The Kier molecular flexibility index (Phi) is 4.53. The fourth-order valence-corrected chi connectivity index (χ4v) is 2.90. The molecule has 1 heterocycles. The summed E-state index contributed by atoms with van der Waals surface area (Å²) in [5.74, 6) is 0.684. The average molecular weight is 359 g/mol. The second-order valence-corrected chi connectivity index (χ2v) is 6.02. The largest absolute Gasteiger partial charge is 0.496 e. The quantitative estimate of drug-likeness (QED) is 0.581. The molecule has 0 unspecified atom stereocenters. The van der Waals surface area contributed by atoms with Crippen LogP contribution in [0, 0.1) is 0 Å². The van der Waals surface area contributed by atoms with E-state index in [1.54, 1.807) is 13.2 Å². The standard InChI is InChI=1S/C21H17N3O3/c1-26-18-9-5-4-8-17(18)20-23-24-21(27-20)22-19(25)13-14-10-11-15-6-2-3-7-16(15)12-14/h2-12H,13H2,1H3,(H,22,24,25). The fourth-order valence-electron chi connectivity index (χ4n) is 2.90. The third-order valence-corrected chi connectivity index (χ3v) is 4.19. The van der Waals surface area contributed by atoms with Gasteiger partial charge in [-0.3, -0.25) is 10.1 Å². The molecule has 0 aliphatic heterocycles. The zero-order valence-electron chi connectivity index (χ0n) is 14.7. The molecule has 1 N–H and O–H groups in total. The summed E-state index contributed by atoms with van der Waals surface area (Å²) in [5.41, 5.74) is 1.58. The number of benzene rings is 3. The van der Waals surface area contributed by atoms with Crippen molar-refractivity contribution in [3.05, 3.63) is 72.3 Å². The van der Waals surface area contributed by atoms with Gasteiger partial charge in [0.15, 0.2) is 0 Å². The van der Waals surface area contributed by atoms with E-state index < -0.39 is 0 Å². The van der Waals surface area contributed by atoms with Gasteiger partial charge in [0.2, 0.25) is 5.91 Å². The van der Waals surface area contributed by atoms with E-state index in [4.69, 9.17) is 9.15 Å². The Labute approximate surface area is 155 Å². The number of carbonyl (C=O) groups excluding carboxylic acids is 1. The Hall–Kier alpha value is -3.67. The Balaban J connectivity index is 1.47. The number of para-hydroxylation sites is 1. The molecule has 134 valence electrons. The molecular formula is C21H17N3O3. The lowest BCUT2D eigenvalue weighted by Crippen LogP contribution is -2.14. The summed E-state index contributed by atoms with van der Waals surface area (Å²) in [6.45, 7) is 0. The maximum atomic E-state index is 12.3. The predicted molar refractivity (Wildman–Crippen MR) is 103 cm³/mol. The van der Waals surface area contributed by atoms with Crippen molar-refractivity contribution in [3.8, 4) is 17.2 Å². The van der Waals surface area contributed by atoms with Crippen LogP contribution >= 0.6 is 0 Å². The van der Waals surface area contributed by atoms with E-state index in [9.17, 15) is 4.79 Å². The van der Waals surface area contributed by atoms with Crippen LogP contribution in [0.2, 0.25) is 0 Å². The molecular weight excluding hydrogens is 342 g/mol. The summed E-state index contributed by atoms with van der Waals surface area (Å²) in [4.78, 5) is 12.3. The van der Waals surface area contributed by atoms with Crippen molar-refractivity contribution < 1.29 is 13.9 Å². The summed E-state index contributed by atoms with van der Waals surface area (Å²) >= 11 is 0. The highest BCUT2D eigenvalue weighted by Gasteiger charge is 2.15. The van der Waals surface area contributed by atoms with E-state index in [-0.39, 0.29) is 24.2 Å². The molecule has 27 heavy (non-hydrogen) atoms. The van der Waals surface area contributed by atoms with Gasteiger partial charge in [0.1, 0.15) is 5.75 Å². The number of nitrogens with zero attached hydrogens (tertiary/aromatic N) is 2. The number of aromatic nitrogens is 2. The Bertz CT molecular complexity index is 1100. The van der Waals surface area contributed by atoms with Gasteiger partial charge >= 0.3 is 6.01 Å². The molecule has 1 aromatic heterocycles. The molecule has 4 aromatic rings. The number of hydrogen-bond acceptors (Lipinski definition) is 5. The molecule has 6 heteroatoms. The molecule has 0 spiro atoms. The van der Waals surface area contributed by atoms with E-state index >= 15 is 0 Å². The highest BCUT2D eigenvalue weighted by atomic mass is 16.5. The normalized spacial score (nSPS) is 10.7. The lowest BCUT2D eigenvalue weighted by Gasteiger charge is -2.04. The summed E-state index contributed by atoms with van der Waals surface area (Å²) in [7, 11) is 1.57. The Morgan fingerprint density at radius 1 is 1.00 bits per heavy atom. The summed E-state index contributed by atoms with van der Waals surface area (Å²) < 4.78 is 10.8. The van der Waals surface area contributed by atoms with Crippen molar-refractivity contribution in [1.29, 1.82) is 0 Å². The Morgan fingerprint density at radius 2 is 1.78 bits per heavy atom. The van der Waals surface area contributed by atoms with Crippen LogP contribution in [0.25, 0.3) is 22.2 Å². The smallest absolute Gasteiger partial charge is 0.322 e. The maximum Gasteiger partial charge on any atom is 0.322 e. The average Bonchev–Trinajstić information content (AvgIpc) is 3.16. The van der Waals surface area contributed by atoms with E-state index in [1.165, 1.54) is 0 Å². The highest BCUT2D eigenvalue weighted by Crippen LogP contribution is 2.29. The molecule has 1 amide bonds. The van der Waals surface area contributed by atoms with Gasteiger partial charge in [-0.15, -0.1) is 5.10 Å². The second kappa shape index (κ2) is 7.29. The van der Waals surface area contributed by atoms with Crippen LogP contribution in [0.15, 0.2) is 71.1 Å². The first-order valence-electron chi connectivity index (χ1n) is 8.47. The molecule has 0 saturated heterocycles. The van der Waals surface area contributed by atoms with Crippen molar-refractivity contribution in [2.75, 3.05) is 12.4 Å². The van der Waals surface area contributed by atoms with Gasteiger partial charge in [0.25, 0.3) is 5.89 Å². The van der Waals surface area contributed by atoms with Gasteiger partial charge in [-0.1, -0.05) is 59.7 Å². The summed E-state index contributed by atoms with van der Waals surface area (Å²) in [6, 6.07) is 21.3. The number of hydrogen-bond donors (Lipinski definition) is 1. The maximum absolute atomic E-state index is 12.3. The van der Waals surface area contributed by atoms with E-state index in [0.29, 0.717) is 11.3 Å². The molecule has 3 aromatic carbocycles. The molecule has 0 atom stereocenters. The Morgan fingerprint density at radius 3 is 2.63 bits per heavy atom. The second-order valence-electron chi connectivity index (χ2n) is 6.02. The molecule has 0 fully saturated rings. The minimum Gasteiger partial charge on any atom is -0.496 e. The van der Waals surface area contributed by atoms with E-state index in [0.717, 1.165) is 16.3 Å². The minimum atomic E-state index is -0.222. The zero-order chi connectivity index (χ0) is 18.6. The third kappa shape index (κ3) is 3.64. The van der Waals surface area contributed by atoms with Crippen LogP contribution < -0.4 is 10.1 Å². The molecule has 6 nitrogen and oxygen atoms in total. The zero-order valence-corrected chi connectivity index (χ0v) is 14.7. The van der Waals surface area contributed by atoms with Crippen molar-refractivity contribution >= 4 is 22.7 Å². The van der Waals surface area contributed by atoms with Crippen molar-refractivity contribution in [2.24, 2.45) is 0 Å². The summed E-state index contributed by atoms with van der Waals surface area (Å²) in [5, 5.41) is 12.8. The first kappa shape index (κ1) is 16.8. The van der Waals surface area contributed by atoms with Gasteiger partial charge < -0.3 is 9.15 Å². The number of rotatable bonds is 5. The van der Waals surface area contributed by atoms with Gasteiger partial charge in [-0.05, 0) is 28.5 Å². The van der Waals surface area contributed by atoms with Crippen LogP contribution in [0.4, 0.5) is 6.01 Å². The SMILES string of the molecule is COc1ccccc1-c1nnc(NC(=O)Cc2ccc3ccccc3c2)o1. The molecule has 0 aliphatic rings. The van der Waals surface area contributed by atoms with E-state index in [2.05, 4.69) is 15.5 Å². The van der Waals surface area contributed by atoms with E-state index in [1.807, 2.05) is 60.7 Å². The van der Waals surface area contributed by atoms with Crippen molar-refractivity contribution in [2.45, 2.75) is 6.42 Å². The molecule has 0 radical (unpaired) electrons. The fraction of sp³-hybridized carbons (Fsp3) is 0.0952. The number of anilines is 1. The number of ether oxygens (including phenoxy) is 1. The third-order valence-electron chi connectivity index (χ3n) is 4.19.